The Morgan fingerprint density at radius 2 is 1.80 bits per heavy atom. The van der Waals surface area contributed by atoms with Gasteiger partial charge in [-0.3, -0.25) is 14.9 Å². The molecule has 0 spiro atoms. The molecule has 2 aromatic carbocycles. The number of para-hydroxylation sites is 1. The number of anilines is 2. The second-order valence-electron chi connectivity index (χ2n) is 6.89. The minimum absolute atomic E-state index is 0.0679. The molecule has 0 aliphatic carbocycles. The highest BCUT2D eigenvalue weighted by atomic mass is 32.1. The Morgan fingerprint density at radius 3 is 2.53 bits per heavy atom. The van der Waals surface area contributed by atoms with E-state index >= 15 is 0 Å². The van der Waals surface area contributed by atoms with Crippen molar-refractivity contribution < 1.29 is 14.3 Å². The maximum absolute atomic E-state index is 12.7. The van der Waals surface area contributed by atoms with Crippen LogP contribution in [0.4, 0.5) is 11.4 Å². The Labute approximate surface area is 183 Å². The second-order valence-corrected chi connectivity index (χ2v) is 7.30. The summed E-state index contributed by atoms with van der Waals surface area (Å²) in [5.74, 6) is 0.126. The van der Waals surface area contributed by atoms with Gasteiger partial charge in [0.05, 0.1) is 12.2 Å². The molecule has 7 heteroatoms. The van der Waals surface area contributed by atoms with Gasteiger partial charge in [-0.1, -0.05) is 44.9 Å². The van der Waals surface area contributed by atoms with Crippen molar-refractivity contribution in [3.05, 3.63) is 53.6 Å². The number of thiocarbonyl (C=S) groups is 1. The fourth-order valence-electron chi connectivity index (χ4n) is 2.72. The average molecular weight is 428 g/mol. The van der Waals surface area contributed by atoms with Crippen LogP contribution in [-0.4, -0.2) is 23.5 Å². The molecule has 30 heavy (non-hydrogen) atoms. The fraction of sp³-hybridized carbons (Fsp3) is 0.348. The Bertz CT molecular complexity index is 899. The van der Waals surface area contributed by atoms with Crippen LogP contribution in [0.5, 0.6) is 5.75 Å². The largest absolute Gasteiger partial charge is 0.493 e. The number of ether oxygens (including phenoxy) is 1. The second kappa shape index (κ2) is 11.9. The monoisotopic (exact) mass is 427 g/mol. The highest BCUT2D eigenvalue weighted by Crippen LogP contribution is 2.21. The SMILES string of the molecule is CCCCCOc1ccccc1C(=O)NC(=S)Nc1ccc(C)c(NC(=O)CC)c1. The number of aryl methyl sites for hydroxylation is 1. The lowest BCUT2D eigenvalue weighted by Gasteiger charge is -2.14. The molecule has 0 radical (unpaired) electrons. The number of unbranched alkanes of at least 4 members (excludes halogenated alkanes) is 2. The van der Waals surface area contributed by atoms with Gasteiger partial charge in [0.15, 0.2) is 5.11 Å². The van der Waals surface area contributed by atoms with Crippen molar-refractivity contribution in [3.63, 3.8) is 0 Å². The molecule has 0 unspecified atom stereocenters. The van der Waals surface area contributed by atoms with Crippen molar-refractivity contribution >= 4 is 40.5 Å². The summed E-state index contributed by atoms with van der Waals surface area (Å²) in [6.07, 6.45) is 3.52. The molecule has 3 N–H and O–H groups in total. The summed E-state index contributed by atoms with van der Waals surface area (Å²) >= 11 is 5.29. The predicted molar refractivity (Wildman–Crippen MR) is 125 cm³/mol. The van der Waals surface area contributed by atoms with E-state index in [0.717, 1.165) is 24.8 Å². The number of nitrogens with one attached hydrogen (secondary N) is 3. The smallest absolute Gasteiger partial charge is 0.261 e. The normalized spacial score (nSPS) is 10.2. The van der Waals surface area contributed by atoms with E-state index in [4.69, 9.17) is 17.0 Å². The van der Waals surface area contributed by atoms with Crippen molar-refractivity contribution in [1.82, 2.24) is 5.32 Å². The van der Waals surface area contributed by atoms with Gasteiger partial charge >= 0.3 is 0 Å². The average Bonchev–Trinajstić information content (AvgIpc) is 2.73. The molecule has 0 fully saturated rings. The van der Waals surface area contributed by atoms with Gasteiger partial charge < -0.3 is 15.4 Å². The standard InChI is InChI=1S/C23H29N3O3S/c1-4-6-9-14-29-20-11-8-7-10-18(20)22(28)26-23(30)24-17-13-12-16(3)19(15-17)25-21(27)5-2/h7-8,10-13,15H,4-6,9,14H2,1-3H3,(H,25,27)(H2,24,26,28,30). The van der Waals surface area contributed by atoms with Crippen molar-refractivity contribution in [3.8, 4) is 5.75 Å². The van der Waals surface area contributed by atoms with Gasteiger partial charge in [-0.15, -0.1) is 0 Å². The molecular formula is C23H29N3O3S. The zero-order valence-electron chi connectivity index (χ0n) is 17.7. The molecule has 2 amide bonds. The zero-order chi connectivity index (χ0) is 21.9. The van der Waals surface area contributed by atoms with Gasteiger partial charge in [0.2, 0.25) is 5.91 Å². The van der Waals surface area contributed by atoms with Crippen LogP contribution in [0.1, 0.15) is 55.5 Å². The van der Waals surface area contributed by atoms with E-state index in [9.17, 15) is 9.59 Å². The van der Waals surface area contributed by atoms with Crippen LogP contribution in [0.2, 0.25) is 0 Å². The van der Waals surface area contributed by atoms with Gasteiger partial charge in [0.1, 0.15) is 5.75 Å². The van der Waals surface area contributed by atoms with E-state index in [1.54, 1.807) is 31.2 Å². The summed E-state index contributed by atoms with van der Waals surface area (Å²) in [5, 5.41) is 8.69. The molecule has 0 atom stereocenters. The topological polar surface area (TPSA) is 79.5 Å². The zero-order valence-corrected chi connectivity index (χ0v) is 18.5. The van der Waals surface area contributed by atoms with Crippen LogP contribution in [0.25, 0.3) is 0 Å². The highest BCUT2D eigenvalue weighted by molar-refractivity contribution is 7.80. The summed E-state index contributed by atoms with van der Waals surface area (Å²) in [7, 11) is 0. The first kappa shape index (κ1) is 23.3. The summed E-state index contributed by atoms with van der Waals surface area (Å²) in [5.41, 5.74) is 2.73. The minimum Gasteiger partial charge on any atom is -0.493 e. The van der Waals surface area contributed by atoms with Crippen molar-refractivity contribution in [2.75, 3.05) is 17.2 Å². The van der Waals surface area contributed by atoms with Gasteiger partial charge in [-0.05, 0) is 55.4 Å². The number of carbonyl (C=O) groups is 2. The third-order valence-electron chi connectivity index (χ3n) is 4.45. The third kappa shape index (κ3) is 7.15. The van der Waals surface area contributed by atoms with E-state index in [-0.39, 0.29) is 16.9 Å². The summed E-state index contributed by atoms with van der Waals surface area (Å²) < 4.78 is 5.77. The number of amides is 2. The fourth-order valence-corrected chi connectivity index (χ4v) is 2.93. The van der Waals surface area contributed by atoms with E-state index in [0.29, 0.717) is 35.7 Å². The Balaban J connectivity index is 2.01. The molecule has 0 bridgehead atoms. The molecule has 0 aliphatic heterocycles. The van der Waals surface area contributed by atoms with Crippen LogP contribution < -0.4 is 20.7 Å². The summed E-state index contributed by atoms with van der Waals surface area (Å²) in [4.78, 5) is 24.4. The van der Waals surface area contributed by atoms with Gasteiger partial charge in [-0.25, -0.2) is 0 Å². The number of rotatable bonds is 9. The molecule has 2 aromatic rings. The van der Waals surface area contributed by atoms with Crippen LogP contribution >= 0.6 is 12.2 Å². The summed E-state index contributed by atoms with van der Waals surface area (Å²) in [6, 6.07) is 12.6. The van der Waals surface area contributed by atoms with Gasteiger partial charge in [0.25, 0.3) is 5.91 Å². The van der Waals surface area contributed by atoms with Crippen LogP contribution in [0.15, 0.2) is 42.5 Å². The van der Waals surface area contributed by atoms with Crippen molar-refractivity contribution in [1.29, 1.82) is 0 Å². The van der Waals surface area contributed by atoms with E-state index in [1.807, 2.05) is 25.1 Å². The van der Waals surface area contributed by atoms with E-state index in [2.05, 4.69) is 22.9 Å². The third-order valence-corrected chi connectivity index (χ3v) is 4.66. The van der Waals surface area contributed by atoms with E-state index in [1.165, 1.54) is 0 Å². The molecular weight excluding hydrogens is 398 g/mol. The molecule has 2 rings (SSSR count). The Hall–Kier alpha value is -2.93. The summed E-state index contributed by atoms with van der Waals surface area (Å²) in [6.45, 7) is 6.40. The number of carbonyl (C=O) groups excluding carboxylic acids is 2. The number of benzene rings is 2. The number of hydrogen-bond donors (Lipinski definition) is 3. The lowest BCUT2D eigenvalue weighted by atomic mass is 10.1. The quantitative estimate of drug-likeness (QED) is 0.386. The van der Waals surface area contributed by atoms with Crippen LogP contribution in [-0.2, 0) is 4.79 Å². The molecule has 0 saturated carbocycles. The molecule has 0 heterocycles. The lowest BCUT2D eigenvalue weighted by molar-refractivity contribution is -0.115. The predicted octanol–water partition coefficient (Wildman–Crippen LogP) is 5.04. The molecule has 160 valence electrons. The first-order valence-corrected chi connectivity index (χ1v) is 10.6. The lowest BCUT2D eigenvalue weighted by Crippen LogP contribution is -2.34. The molecule has 0 aromatic heterocycles. The highest BCUT2D eigenvalue weighted by Gasteiger charge is 2.14. The Morgan fingerprint density at radius 1 is 1.03 bits per heavy atom. The minimum atomic E-state index is -0.342. The molecule has 0 saturated heterocycles. The first-order chi connectivity index (χ1) is 14.4. The van der Waals surface area contributed by atoms with E-state index < -0.39 is 0 Å². The van der Waals surface area contributed by atoms with Gasteiger partial charge in [0, 0.05) is 17.8 Å². The van der Waals surface area contributed by atoms with Crippen LogP contribution in [0, 0.1) is 6.92 Å². The number of hydrogen-bond acceptors (Lipinski definition) is 4. The Kier molecular flexibility index (Phi) is 9.28. The molecule has 6 nitrogen and oxygen atoms in total. The maximum atomic E-state index is 12.7. The van der Waals surface area contributed by atoms with Gasteiger partial charge in [-0.2, -0.15) is 0 Å². The van der Waals surface area contributed by atoms with Crippen molar-refractivity contribution in [2.24, 2.45) is 0 Å². The molecule has 0 aliphatic rings. The maximum Gasteiger partial charge on any atom is 0.261 e. The van der Waals surface area contributed by atoms with Crippen molar-refractivity contribution in [2.45, 2.75) is 46.5 Å². The first-order valence-electron chi connectivity index (χ1n) is 10.2. The van der Waals surface area contributed by atoms with Crippen LogP contribution in [0.3, 0.4) is 0 Å².